The molecule has 1 aliphatic rings. The number of hydrogen-bond donors (Lipinski definition) is 1. The van der Waals surface area contributed by atoms with E-state index in [4.69, 9.17) is 4.74 Å². The Hall–Kier alpha value is -2.41. The molecule has 1 fully saturated rings. The van der Waals surface area contributed by atoms with Crippen LogP contribution in [0.15, 0.2) is 30.3 Å². The van der Waals surface area contributed by atoms with Crippen LogP contribution in [0.4, 0.5) is 0 Å². The molecule has 2 heterocycles. The van der Waals surface area contributed by atoms with Crippen molar-refractivity contribution in [1.82, 2.24) is 9.88 Å². The van der Waals surface area contributed by atoms with Crippen molar-refractivity contribution in [3.63, 3.8) is 0 Å². The largest absolute Gasteiger partial charge is 0.486 e. The van der Waals surface area contributed by atoms with Crippen LogP contribution >= 0.6 is 11.3 Å². The van der Waals surface area contributed by atoms with E-state index < -0.39 is 11.5 Å². The number of carbonyl (C=O) groups is 2. The van der Waals surface area contributed by atoms with Crippen LogP contribution in [-0.2, 0) is 11.4 Å². The Bertz CT molecular complexity index is 790. The quantitative estimate of drug-likeness (QED) is 0.886. The molecule has 0 aliphatic carbocycles. The third kappa shape index (κ3) is 3.37. The summed E-state index contributed by atoms with van der Waals surface area (Å²) in [6.07, 6.45) is 1.16. The van der Waals surface area contributed by atoms with Crippen LogP contribution in [0.25, 0.3) is 0 Å². The number of aliphatic carboxylic acids is 1. The Balaban J connectivity index is 1.76. The normalized spacial score (nSPS) is 19.8. The number of carboxylic acids is 1. The van der Waals surface area contributed by atoms with Gasteiger partial charge in [0.15, 0.2) is 0 Å². The van der Waals surface area contributed by atoms with Crippen LogP contribution < -0.4 is 4.74 Å². The molecule has 3 rings (SSSR count). The molecule has 132 valence electrons. The molecular weight excluding hydrogens is 340 g/mol. The number of likely N-dealkylation sites (tertiary alicyclic amines) is 1. The molecule has 1 atom stereocenters. The van der Waals surface area contributed by atoms with Crippen molar-refractivity contribution >= 4 is 23.2 Å². The Morgan fingerprint density at radius 2 is 2.08 bits per heavy atom. The van der Waals surface area contributed by atoms with Crippen molar-refractivity contribution in [2.75, 3.05) is 6.54 Å². The summed E-state index contributed by atoms with van der Waals surface area (Å²) >= 11 is 1.27. The standard InChI is InChI=1S/C18H20N2O4S/c1-12-15(16(21)20-10-6-9-18(20,2)17(22)23)25-14(19-12)11-24-13-7-4-3-5-8-13/h3-5,7-8H,6,9-11H2,1-2H3,(H,22,23)/t18-/m1/s1. The predicted molar refractivity (Wildman–Crippen MR) is 93.9 cm³/mol. The Labute approximate surface area is 150 Å². The lowest BCUT2D eigenvalue weighted by Crippen LogP contribution is -2.50. The molecular formula is C18H20N2O4S. The number of amides is 1. The summed E-state index contributed by atoms with van der Waals surface area (Å²) in [5.41, 5.74) is -0.532. The second-order valence-electron chi connectivity index (χ2n) is 6.26. The highest BCUT2D eigenvalue weighted by Crippen LogP contribution is 2.33. The van der Waals surface area contributed by atoms with Crippen molar-refractivity contribution in [2.45, 2.75) is 38.8 Å². The number of aromatic nitrogens is 1. The topological polar surface area (TPSA) is 79.7 Å². The van der Waals surface area contributed by atoms with Gasteiger partial charge in [-0.1, -0.05) is 18.2 Å². The van der Waals surface area contributed by atoms with Crippen molar-refractivity contribution in [2.24, 2.45) is 0 Å². The summed E-state index contributed by atoms with van der Waals surface area (Å²) in [5.74, 6) is -0.488. The van der Waals surface area contributed by atoms with Gasteiger partial charge >= 0.3 is 5.97 Å². The van der Waals surface area contributed by atoms with E-state index in [1.54, 1.807) is 13.8 Å². The van der Waals surface area contributed by atoms with E-state index in [-0.39, 0.29) is 12.5 Å². The van der Waals surface area contributed by atoms with Gasteiger partial charge in [0.05, 0.1) is 5.69 Å². The highest BCUT2D eigenvalue weighted by atomic mass is 32.1. The van der Waals surface area contributed by atoms with Gasteiger partial charge in [-0.05, 0) is 38.8 Å². The van der Waals surface area contributed by atoms with E-state index in [1.165, 1.54) is 16.2 Å². The molecule has 7 heteroatoms. The third-order valence-electron chi connectivity index (χ3n) is 4.49. The van der Waals surface area contributed by atoms with E-state index in [0.717, 1.165) is 5.75 Å². The first-order chi connectivity index (χ1) is 11.9. The molecule has 1 saturated heterocycles. The van der Waals surface area contributed by atoms with Crippen molar-refractivity contribution in [3.8, 4) is 5.75 Å². The van der Waals surface area contributed by atoms with E-state index >= 15 is 0 Å². The SMILES string of the molecule is Cc1nc(COc2ccccc2)sc1C(=O)N1CCC[C@]1(C)C(=O)O. The number of aryl methyl sites for hydroxylation is 1. The smallest absolute Gasteiger partial charge is 0.329 e. The number of hydrogen-bond acceptors (Lipinski definition) is 5. The number of nitrogens with zero attached hydrogens (tertiary/aromatic N) is 2. The zero-order valence-corrected chi connectivity index (χ0v) is 15.0. The highest BCUT2D eigenvalue weighted by Gasteiger charge is 2.46. The van der Waals surface area contributed by atoms with Gasteiger partial charge in [0, 0.05) is 6.54 Å². The number of ether oxygens (including phenoxy) is 1. The van der Waals surface area contributed by atoms with Gasteiger partial charge in [-0.2, -0.15) is 0 Å². The zero-order valence-electron chi connectivity index (χ0n) is 14.2. The van der Waals surface area contributed by atoms with Crippen LogP contribution in [0.2, 0.25) is 0 Å². The summed E-state index contributed by atoms with van der Waals surface area (Å²) in [5, 5.41) is 10.2. The average Bonchev–Trinajstić information content (AvgIpc) is 3.17. The minimum atomic E-state index is -1.14. The summed E-state index contributed by atoms with van der Waals surface area (Å²) < 4.78 is 5.67. The molecule has 1 aromatic heterocycles. The van der Waals surface area contributed by atoms with Gasteiger partial charge in [-0.25, -0.2) is 9.78 Å². The predicted octanol–water partition coefficient (Wildman–Crippen LogP) is 3.11. The van der Waals surface area contributed by atoms with Gasteiger partial charge in [0.2, 0.25) is 0 Å². The van der Waals surface area contributed by atoms with Gasteiger partial charge in [-0.15, -0.1) is 11.3 Å². The van der Waals surface area contributed by atoms with E-state index in [0.29, 0.717) is 35.0 Å². The number of para-hydroxylation sites is 1. The molecule has 0 bridgehead atoms. The number of rotatable bonds is 5. The second-order valence-corrected chi connectivity index (χ2v) is 7.35. The van der Waals surface area contributed by atoms with Crippen molar-refractivity contribution < 1.29 is 19.4 Å². The lowest BCUT2D eigenvalue weighted by Gasteiger charge is -2.30. The lowest BCUT2D eigenvalue weighted by molar-refractivity contribution is -0.147. The Morgan fingerprint density at radius 3 is 2.76 bits per heavy atom. The first-order valence-electron chi connectivity index (χ1n) is 8.11. The third-order valence-corrected chi connectivity index (χ3v) is 5.61. The Kier molecular flexibility index (Phi) is 4.76. The zero-order chi connectivity index (χ0) is 18.0. The number of benzene rings is 1. The van der Waals surface area contributed by atoms with Crippen molar-refractivity contribution in [1.29, 1.82) is 0 Å². The minimum Gasteiger partial charge on any atom is -0.486 e. The second kappa shape index (κ2) is 6.84. The van der Waals surface area contributed by atoms with E-state index in [2.05, 4.69) is 4.98 Å². The van der Waals surface area contributed by atoms with E-state index in [1.807, 2.05) is 30.3 Å². The molecule has 0 unspecified atom stereocenters. The molecule has 0 saturated carbocycles. The van der Waals surface area contributed by atoms with Gasteiger partial charge in [0.25, 0.3) is 5.91 Å². The van der Waals surface area contributed by atoms with Gasteiger partial charge in [-0.3, -0.25) is 4.79 Å². The maximum atomic E-state index is 12.9. The van der Waals surface area contributed by atoms with Gasteiger partial charge in [0.1, 0.15) is 27.8 Å². The molecule has 0 spiro atoms. The summed E-state index contributed by atoms with van der Waals surface area (Å²) in [6, 6.07) is 9.39. The minimum absolute atomic E-state index is 0.261. The molecule has 1 N–H and O–H groups in total. The number of carbonyl (C=O) groups excluding carboxylic acids is 1. The molecule has 25 heavy (non-hydrogen) atoms. The molecule has 1 amide bonds. The number of carboxylic acid groups (broad SMARTS) is 1. The summed E-state index contributed by atoms with van der Waals surface area (Å²) in [4.78, 5) is 30.8. The molecule has 6 nitrogen and oxygen atoms in total. The monoisotopic (exact) mass is 360 g/mol. The first kappa shape index (κ1) is 17.4. The lowest BCUT2D eigenvalue weighted by atomic mass is 9.99. The molecule has 2 aromatic rings. The van der Waals surface area contributed by atoms with E-state index in [9.17, 15) is 14.7 Å². The average molecular weight is 360 g/mol. The highest BCUT2D eigenvalue weighted by molar-refractivity contribution is 7.13. The fourth-order valence-corrected chi connectivity index (χ4v) is 3.93. The Morgan fingerprint density at radius 1 is 1.36 bits per heavy atom. The fourth-order valence-electron chi connectivity index (χ4n) is 3.01. The van der Waals surface area contributed by atoms with Crippen LogP contribution in [-0.4, -0.2) is 39.0 Å². The summed E-state index contributed by atoms with van der Waals surface area (Å²) in [7, 11) is 0. The van der Waals surface area contributed by atoms with Crippen LogP contribution in [0.3, 0.4) is 0 Å². The first-order valence-corrected chi connectivity index (χ1v) is 8.93. The van der Waals surface area contributed by atoms with Crippen molar-refractivity contribution in [3.05, 3.63) is 45.9 Å². The maximum absolute atomic E-state index is 12.9. The molecule has 1 aromatic carbocycles. The fraction of sp³-hybridized carbons (Fsp3) is 0.389. The van der Waals surface area contributed by atoms with Crippen LogP contribution in [0.1, 0.15) is 40.1 Å². The van der Waals surface area contributed by atoms with Crippen LogP contribution in [0.5, 0.6) is 5.75 Å². The molecule has 1 aliphatic heterocycles. The summed E-state index contributed by atoms with van der Waals surface area (Å²) in [6.45, 7) is 4.10. The number of thiazole rings is 1. The molecule has 0 radical (unpaired) electrons. The van der Waals surface area contributed by atoms with Crippen LogP contribution in [0, 0.1) is 6.92 Å². The van der Waals surface area contributed by atoms with Gasteiger partial charge < -0.3 is 14.7 Å². The maximum Gasteiger partial charge on any atom is 0.329 e.